The van der Waals surface area contributed by atoms with Crippen LogP contribution >= 0.6 is 11.6 Å². The average Bonchev–Trinajstić information content (AvgIpc) is 2.54. The zero-order valence-electron chi connectivity index (χ0n) is 16.9. The highest BCUT2D eigenvalue weighted by atomic mass is 35.5. The molecule has 0 bridgehead atoms. The van der Waals surface area contributed by atoms with Crippen LogP contribution in [0, 0.1) is 17.8 Å². The lowest BCUT2D eigenvalue weighted by Gasteiger charge is -2.44. The molecule has 4 atom stereocenters. The van der Waals surface area contributed by atoms with E-state index in [2.05, 4.69) is 39.5 Å². The molecule has 0 aromatic rings. The maximum absolute atomic E-state index is 11.4. The largest absolute Gasteiger partial charge is 0.482 e. The predicted molar refractivity (Wildman–Crippen MR) is 111 cm³/mol. The molecule has 0 radical (unpaired) electrons. The Morgan fingerprint density at radius 3 is 2.77 bits per heavy atom. The van der Waals surface area contributed by atoms with Gasteiger partial charge in [0, 0.05) is 0 Å². The Labute approximate surface area is 164 Å². The molecule has 0 aliphatic heterocycles. The van der Waals surface area contributed by atoms with Crippen LogP contribution in [0.2, 0.25) is 0 Å². The lowest BCUT2D eigenvalue weighted by Crippen LogP contribution is -2.44. The first kappa shape index (κ1) is 21.3. The third-order valence-electron chi connectivity index (χ3n) is 5.84. The molecular weight excluding hydrogens is 344 g/mol. The summed E-state index contributed by atoms with van der Waals surface area (Å²) in [5, 5.41) is 11.4. The van der Waals surface area contributed by atoms with Crippen molar-refractivity contribution in [2.45, 2.75) is 71.8 Å². The van der Waals surface area contributed by atoms with E-state index in [1.165, 1.54) is 24.0 Å². The SMILES string of the molecule is C=C(C)[C@@H]1CCC(C)=C[C@H]1C1C(OCCl)=CC(CCCCC)=CC1(C)O. The number of alkyl halides is 1. The van der Waals surface area contributed by atoms with Gasteiger partial charge in [0.2, 0.25) is 0 Å². The molecule has 0 heterocycles. The second-order valence-corrected chi connectivity index (χ2v) is 8.48. The summed E-state index contributed by atoms with van der Waals surface area (Å²) in [6.07, 6.45) is 13.1. The Hall–Kier alpha value is -0.990. The van der Waals surface area contributed by atoms with Gasteiger partial charge in [-0.05, 0) is 76.0 Å². The van der Waals surface area contributed by atoms with Crippen LogP contribution in [0.1, 0.15) is 66.2 Å². The second kappa shape index (κ2) is 9.28. The quantitative estimate of drug-likeness (QED) is 0.296. The van der Waals surface area contributed by atoms with Crippen LogP contribution in [0.25, 0.3) is 0 Å². The number of hydrogen-bond acceptors (Lipinski definition) is 2. The molecule has 2 aliphatic carbocycles. The molecule has 0 saturated carbocycles. The van der Waals surface area contributed by atoms with Crippen molar-refractivity contribution in [2.24, 2.45) is 17.8 Å². The number of ether oxygens (including phenoxy) is 1. The second-order valence-electron chi connectivity index (χ2n) is 8.26. The normalized spacial score (nSPS) is 31.8. The Bertz CT molecular complexity index is 597. The van der Waals surface area contributed by atoms with Gasteiger partial charge in [-0.3, -0.25) is 0 Å². The van der Waals surface area contributed by atoms with Crippen LogP contribution < -0.4 is 0 Å². The predicted octanol–water partition coefficient (Wildman–Crippen LogP) is 6.52. The van der Waals surface area contributed by atoms with Gasteiger partial charge in [0.1, 0.15) is 5.76 Å². The van der Waals surface area contributed by atoms with Crippen LogP contribution in [0.3, 0.4) is 0 Å². The number of hydrogen-bond donors (Lipinski definition) is 1. The number of rotatable bonds is 8. The lowest BCUT2D eigenvalue weighted by molar-refractivity contribution is 0.00121. The maximum Gasteiger partial charge on any atom is 0.161 e. The van der Waals surface area contributed by atoms with E-state index in [-0.39, 0.29) is 17.9 Å². The van der Waals surface area contributed by atoms with E-state index in [4.69, 9.17) is 16.3 Å². The molecule has 2 rings (SSSR count). The van der Waals surface area contributed by atoms with E-state index < -0.39 is 5.60 Å². The third-order valence-corrected chi connectivity index (χ3v) is 5.95. The van der Waals surface area contributed by atoms with Crippen molar-refractivity contribution in [1.29, 1.82) is 0 Å². The van der Waals surface area contributed by atoms with Gasteiger partial charge in [-0.1, -0.05) is 55.2 Å². The Balaban J connectivity index is 2.37. The Morgan fingerprint density at radius 1 is 1.42 bits per heavy atom. The summed E-state index contributed by atoms with van der Waals surface area (Å²) in [6.45, 7) is 12.6. The van der Waals surface area contributed by atoms with Crippen molar-refractivity contribution >= 4 is 11.6 Å². The average molecular weight is 379 g/mol. The van der Waals surface area contributed by atoms with E-state index in [9.17, 15) is 5.11 Å². The van der Waals surface area contributed by atoms with Crippen molar-refractivity contribution in [3.63, 3.8) is 0 Å². The fraction of sp³-hybridized carbons (Fsp3) is 0.652. The summed E-state index contributed by atoms with van der Waals surface area (Å²) in [6, 6.07) is 0.105. The van der Waals surface area contributed by atoms with Gasteiger partial charge in [0.05, 0.1) is 11.5 Å². The molecule has 2 unspecified atom stereocenters. The van der Waals surface area contributed by atoms with Crippen molar-refractivity contribution in [2.75, 3.05) is 6.07 Å². The van der Waals surface area contributed by atoms with Crippen molar-refractivity contribution in [1.82, 2.24) is 0 Å². The smallest absolute Gasteiger partial charge is 0.161 e. The fourth-order valence-electron chi connectivity index (χ4n) is 4.57. The standard InChI is InChI=1S/C23H35ClO2/c1-6-7-8-9-18-13-21(26-15-24)22(23(5,25)14-18)20-12-17(4)10-11-19(20)16(2)3/h12-14,19-20,22,25H,2,6-11,15H2,1,3-5H3/t19-,20+,22?,23?/m0/s1. The van der Waals surface area contributed by atoms with Crippen LogP contribution in [0.4, 0.5) is 0 Å². The molecule has 2 nitrogen and oxygen atoms in total. The first-order chi connectivity index (χ1) is 12.3. The van der Waals surface area contributed by atoms with Crippen LogP contribution in [0.15, 0.2) is 47.3 Å². The zero-order chi connectivity index (χ0) is 19.3. The van der Waals surface area contributed by atoms with Gasteiger partial charge in [0.15, 0.2) is 6.07 Å². The number of halogens is 1. The van der Waals surface area contributed by atoms with E-state index in [1.807, 2.05) is 13.0 Å². The summed E-state index contributed by atoms with van der Waals surface area (Å²) in [4.78, 5) is 0. The monoisotopic (exact) mass is 378 g/mol. The Kier molecular flexibility index (Phi) is 7.61. The highest BCUT2D eigenvalue weighted by molar-refractivity contribution is 6.17. The summed E-state index contributed by atoms with van der Waals surface area (Å²) in [5.74, 6) is 1.22. The molecule has 0 spiro atoms. The minimum absolute atomic E-state index is 0.105. The van der Waals surface area contributed by atoms with Gasteiger partial charge < -0.3 is 9.84 Å². The number of unbranched alkanes of at least 4 members (excludes halogenated alkanes) is 2. The molecule has 0 amide bonds. The summed E-state index contributed by atoms with van der Waals surface area (Å²) in [7, 11) is 0. The Morgan fingerprint density at radius 2 is 2.15 bits per heavy atom. The molecule has 146 valence electrons. The van der Waals surface area contributed by atoms with Gasteiger partial charge >= 0.3 is 0 Å². The fourth-order valence-corrected chi connectivity index (χ4v) is 4.70. The minimum Gasteiger partial charge on any atom is -0.482 e. The maximum atomic E-state index is 11.4. The van der Waals surface area contributed by atoms with Gasteiger partial charge in [-0.25, -0.2) is 0 Å². The van der Waals surface area contributed by atoms with E-state index in [0.717, 1.165) is 37.0 Å². The van der Waals surface area contributed by atoms with Crippen LogP contribution in [-0.4, -0.2) is 16.8 Å². The molecular formula is C23H35ClO2. The molecule has 26 heavy (non-hydrogen) atoms. The molecule has 3 heteroatoms. The summed E-state index contributed by atoms with van der Waals surface area (Å²) < 4.78 is 5.85. The summed E-state index contributed by atoms with van der Waals surface area (Å²) in [5.41, 5.74) is 2.76. The molecule has 0 saturated heterocycles. The highest BCUT2D eigenvalue weighted by Gasteiger charge is 2.45. The first-order valence-electron chi connectivity index (χ1n) is 9.97. The highest BCUT2D eigenvalue weighted by Crippen LogP contribution is 2.47. The van der Waals surface area contributed by atoms with Crippen molar-refractivity contribution in [3.8, 4) is 0 Å². The van der Waals surface area contributed by atoms with Crippen molar-refractivity contribution < 1.29 is 9.84 Å². The summed E-state index contributed by atoms with van der Waals surface area (Å²) >= 11 is 5.94. The first-order valence-corrected chi connectivity index (χ1v) is 10.5. The third kappa shape index (κ3) is 5.04. The van der Waals surface area contributed by atoms with Crippen molar-refractivity contribution in [3.05, 3.63) is 47.3 Å². The molecule has 0 aromatic carbocycles. The number of aliphatic hydroxyl groups is 1. The number of allylic oxidation sites excluding steroid dienone is 5. The molecule has 0 fully saturated rings. The molecule has 1 N–H and O–H groups in total. The van der Waals surface area contributed by atoms with E-state index in [0.29, 0.717) is 5.92 Å². The van der Waals surface area contributed by atoms with Gasteiger partial charge in [-0.2, -0.15) is 0 Å². The zero-order valence-corrected chi connectivity index (χ0v) is 17.6. The molecule has 2 aliphatic rings. The van der Waals surface area contributed by atoms with Gasteiger partial charge in [-0.15, -0.1) is 0 Å². The minimum atomic E-state index is -0.954. The van der Waals surface area contributed by atoms with E-state index >= 15 is 0 Å². The van der Waals surface area contributed by atoms with Crippen LogP contribution in [-0.2, 0) is 4.74 Å². The van der Waals surface area contributed by atoms with Crippen LogP contribution in [0.5, 0.6) is 0 Å². The molecule has 0 aromatic heterocycles. The lowest BCUT2D eigenvalue weighted by atomic mass is 9.64. The van der Waals surface area contributed by atoms with Gasteiger partial charge in [0.25, 0.3) is 0 Å². The van der Waals surface area contributed by atoms with E-state index in [1.54, 1.807) is 0 Å². The topological polar surface area (TPSA) is 29.5 Å².